The van der Waals surface area contributed by atoms with Gasteiger partial charge in [0.1, 0.15) is 17.4 Å². The van der Waals surface area contributed by atoms with Gasteiger partial charge >= 0.3 is 0 Å². The number of benzene rings is 2. The van der Waals surface area contributed by atoms with Crippen molar-refractivity contribution >= 4 is 5.78 Å². The van der Waals surface area contributed by atoms with E-state index >= 15 is 0 Å². The van der Waals surface area contributed by atoms with Crippen LogP contribution in [0.1, 0.15) is 15.9 Å². The van der Waals surface area contributed by atoms with Gasteiger partial charge in [0.05, 0.1) is 12.7 Å². The molecule has 98 valence electrons. The van der Waals surface area contributed by atoms with Crippen LogP contribution in [0.5, 0.6) is 5.75 Å². The van der Waals surface area contributed by atoms with Gasteiger partial charge < -0.3 is 4.74 Å². The summed E-state index contributed by atoms with van der Waals surface area (Å²) >= 11 is 0. The highest BCUT2D eigenvalue weighted by Gasteiger charge is 2.13. The molecule has 2 nitrogen and oxygen atoms in total. The quantitative estimate of drug-likeness (QED) is 0.789. The number of Topliss-reactive ketones (excluding diaryl/α,β-unsaturated/α-hetero) is 1. The van der Waals surface area contributed by atoms with Crippen molar-refractivity contribution in [1.29, 1.82) is 0 Å². The van der Waals surface area contributed by atoms with E-state index in [1.54, 1.807) is 6.07 Å². The van der Waals surface area contributed by atoms with Gasteiger partial charge in [0.2, 0.25) is 0 Å². The van der Waals surface area contributed by atoms with Gasteiger partial charge in [0.15, 0.2) is 5.78 Å². The zero-order chi connectivity index (χ0) is 13.8. The fraction of sp³-hybridized carbons (Fsp3) is 0.133. The Morgan fingerprint density at radius 1 is 1.16 bits per heavy atom. The van der Waals surface area contributed by atoms with E-state index in [2.05, 4.69) is 0 Å². The fourth-order valence-corrected chi connectivity index (χ4v) is 1.78. The first-order chi connectivity index (χ1) is 9.10. The monoisotopic (exact) mass is 262 g/mol. The molecule has 19 heavy (non-hydrogen) atoms. The van der Waals surface area contributed by atoms with E-state index in [9.17, 15) is 13.6 Å². The highest BCUT2D eigenvalue weighted by Crippen LogP contribution is 2.18. The van der Waals surface area contributed by atoms with Gasteiger partial charge in [0.25, 0.3) is 0 Å². The minimum Gasteiger partial charge on any atom is -0.497 e. The first-order valence-electron chi connectivity index (χ1n) is 5.71. The van der Waals surface area contributed by atoms with Crippen LogP contribution in [0.3, 0.4) is 0 Å². The minimum absolute atomic E-state index is 0.0231. The van der Waals surface area contributed by atoms with Gasteiger partial charge in [0, 0.05) is 12.5 Å². The number of ketones is 1. The second-order valence-corrected chi connectivity index (χ2v) is 4.08. The van der Waals surface area contributed by atoms with Crippen LogP contribution in [0.25, 0.3) is 0 Å². The SMILES string of the molecule is COc1ccc(C(=O)Cc2cccc(F)c2)c(F)c1. The number of hydrogen-bond acceptors (Lipinski definition) is 2. The average molecular weight is 262 g/mol. The Labute approximate surface area is 109 Å². The Bertz CT molecular complexity index is 609. The van der Waals surface area contributed by atoms with Crippen LogP contribution in [-0.2, 0) is 6.42 Å². The highest BCUT2D eigenvalue weighted by atomic mass is 19.1. The average Bonchev–Trinajstić information content (AvgIpc) is 2.38. The summed E-state index contributed by atoms with van der Waals surface area (Å²) in [5.41, 5.74) is 0.491. The Balaban J connectivity index is 2.20. The molecule has 0 saturated heterocycles. The summed E-state index contributed by atoms with van der Waals surface area (Å²) in [4.78, 5) is 11.9. The molecule has 0 spiro atoms. The number of halogens is 2. The lowest BCUT2D eigenvalue weighted by molar-refractivity contribution is 0.0989. The molecule has 0 heterocycles. The molecule has 0 amide bonds. The predicted molar refractivity (Wildman–Crippen MR) is 67.4 cm³/mol. The van der Waals surface area contributed by atoms with Crippen LogP contribution >= 0.6 is 0 Å². The van der Waals surface area contributed by atoms with Gasteiger partial charge in [-0.2, -0.15) is 0 Å². The largest absolute Gasteiger partial charge is 0.497 e. The number of ether oxygens (including phenoxy) is 1. The first-order valence-corrected chi connectivity index (χ1v) is 5.71. The van der Waals surface area contributed by atoms with Crippen molar-refractivity contribution in [2.75, 3.05) is 7.11 Å². The summed E-state index contributed by atoms with van der Waals surface area (Å²) in [5.74, 6) is -1.10. The van der Waals surface area contributed by atoms with Crippen molar-refractivity contribution in [3.8, 4) is 5.75 Å². The molecule has 2 rings (SSSR count). The number of rotatable bonds is 4. The van der Waals surface area contributed by atoms with Crippen molar-refractivity contribution in [3.05, 3.63) is 65.2 Å². The fourth-order valence-electron chi connectivity index (χ4n) is 1.78. The lowest BCUT2D eigenvalue weighted by Crippen LogP contribution is -2.06. The van der Waals surface area contributed by atoms with Crippen LogP contribution in [-0.4, -0.2) is 12.9 Å². The van der Waals surface area contributed by atoms with Crippen molar-refractivity contribution in [2.24, 2.45) is 0 Å². The van der Waals surface area contributed by atoms with E-state index in [4.69, 9.17) is 4.74 Å². The topological polar surface area (TPSA) is 26.3 Å². The number of methoxy groups -OCH3 is 1. The van der Waals surface area contributed by atoms with E-state index in [0.29, 0.717) is 11.3 Å². The van der Waals surface area contributed by atoms with Crippen molar-refractivity contribution in [1.82, 2.24) is 0 Å². The molecular formula is C15H12F2O2. The summed E-state index contributed by atoms with van der Waals surface area (Å²) in [6, 6.07) is 9.74. The Morgan fingerprint density at radius 3 is 2.58 bits per heavy atom. The Kier molecular flexibility index (Phi) is 3.90. The molecule has 0 atom stereocenters. The molecule has 0 N–H and O–H groups in total. The molecule has 0 fully saturated rings. The molecule has 0 aliphatic heterocycles. The molecule has 0 radical (unpaired) electrons. The third-order valence-electron chi connectivity index (χ3n) is 2.73. The lowest BCUT2D eigenvalue weighted by Gasteiger charge is -2.05. The third kappa shape index (κ3) is 3.16. The van der Waals surface area contributed by atoms with E-state index in [1.807, 2.05) is 0 Å². The van der Waals surface area contributed by atoms with Crippen molar-refractivity contribution in [3.63, 3.8) is 0 Å². The predicted octanol–water partition coefficient (Wildman–Crippen LogP) is 3.40. The van der Waals surface area contributed by atoms with Crippen LogP contribution in [0.4, 0.5) is 8.78 Å². The molecule has 0 aromatic heterocycles. The highest BCUT2D eigenvalue weighted by molar-refractivity contribution is 5.97. The van der Waals surface area contributed by atoms with Crippen LogP contribution in [0.15, 0.2) is 42.5 Å². The Hall–Kier alpha value is -2.23. The summed E-state index contributed by atoms with van der Waals surface area (Å²) in [6.07, 6.45) is -0.0407. The van der Waals surface area contributed by atoms with Crippen LogP contribution in [0, 0.1) is 11.6 Å². The molecule has 2 aromatic carbocycles. The maximum atomic E-state index is 13.7. The van der Waals surface area contributed by atoms with Gasteiger partial charge in [-0.15, -0.1) is 0 Å². The molecule has 0 saturated carbocycles. The summed E-state index contributed by atoms with van der Waals surface area (Å²) in [5, 5.41) is 0. The number of hydrogen-bond donors (Lipinski definition) is 0. The van der Waals surface area contributed by atoms with Crippen LogP contribution in [0.2, 0.25) is 0 Å². The van der Waals surface area contributed by atoms with Gasteiger partial charge in [-0.1, -0.05) is 12.1 Å². The molecule has 0 aliphatic carbocycles. The number of carbonyl (C=O) groups excluding carboxylic acids is 1. The van der Waals surface area contributed by atoms with Crippen molar-refractivity contribution in [2.45, 2.75) is 6.42 Å². The van der Waals surface area contributed by atoms with Gasteiger partial charge in [-0.25, -0.2) is 8.78 Å². The molecule has 4 heteroatoms. The maximum Gasteiger partial charge on any atom is 0.170 e. The normalized spacial score (nSPS) is 10.3. The molecule has 0 unspecified atom stereocenters. The molecule has 0 bridgehead atoms. The second-order valence-electron chi connectivity index (χ2n) is 4.08. The minimum atomic E-state index is -0.638. The van der Waals surface area contributed by atoms with Crippen LogP contribution < -0.4 is 4.74 Å². The van der Waals surface area contributed by atoms with E-state index in [-0.39, 0.29) is 12.0 Å². The lowest BCUT2D eigenvalue weighted by atomic mass is 10.0. The molecule has 0 aliphatic rings. The zero-order valence-corrected chi connectivity index (χ0v) is 10.3. The smallest absolute Gasteiger partial charge is 0.170 e. The molecular weight excluding hydrogens is 250 g/mol. The van der Waals surface area contributed by atoms with Crippen molar-refractivity contribution < 1.29 is 18.3 Å². The second kappa shape index (κ2) is 5.61. The number of carbonyl (C=O) groups is 1. The Morgan fingerprint density at radius 2 is 1.95 bits per heavy atom. The van der Waals surface area contributed by atoms with E-state index < -0.39 is 17.4 Å². The summed E-state index contributed by atoms with van der Waals surface area (Å²) in [6.45, 7) is 0. The summed E-state index contributed by atoms with van der Waals surface area (Å²) < 4.78 is 31.6. The van der Waals surface area contributed by atoms with E-state index in [0.717, 1.165) is 6.07 Å². The molecule has 2 aromatic rings. The maximum absolute atomic E-state index is 13.7. The van der Waals surface area contributed by atoms with Gasteiger partial charge in [-0.05, 0) is 29.8 Å². The van der Waals surface area contributed by atoms with Gasteiger partial charge in [-0.3, -0.25) is 4.79 Å². The summed E-state index contributed by atoms with van der Waals surface area (Å²) in [7, 11) is 1.42. The standard InChI is InChI=1S/C15H12F2O2/c1-19-12-5-6-13(14(17)9-12)15(18)8-10-3-2-4-11(16)7-10/h2-7,9H,8H2,1H3. The zero-order valence-electron chi connectivity index (χ0n) is 10.3. The third-order valence-corrected chi connectivity index (χ3v) is 2.73. The van der Waals surface area contributed by atoms with E-state index in [1.165, 1.54) is 37.4 Å². The first kappa shape index (κ1) is 13.2.